The molecule has 0 saturated heterocycles. The fourth-order valence-corrected chi connectivity index (χ4v) is 5.58. The molecular weight excluding hydrogens is 580 g/mol. The van der Waals surface area contributed by atoms with Crippen molar-refractivity contribution in [3.8, 4) is 5.75 Å². The Morgan fingerprint density at radius 1 is 1.09 bits per heavy atom. The molecule has 46 heavy (non-hydrogen) atoms. The summed E-state index contributed by atoms with van der Waals surface area (Å²) in [4.78, 5) is 26.6. The van der Waals surface area contributed by atoms with Crippen LogP contribution in [-0.4, -0.2) is 66.5 Å². The zero-order valence-corrected chi connectivity index (χ0v) is 26.9. The minimum atomic E-state index is -0.732. The number of aryl methyl sites for hydroxylation is 1. The van der Waals surface area contributed by atoms with Crippen LogP contribution in [0.15, 0.2) is 77.9 Å². The Morgan fingerprint density at radius 2 is 1.87 bits per heavy atom. The van der Waals surface area contributed by atoms with Crippen molar-refractivity contribution in [1.29, 1.82) is 0 Å². The number of amides is 2. The van der Waals surface area contributed by atoms with Crippen LogP contribution >= 0.6 is 0 Å². The van der Waals surface area contributed by atoms with Crippen LogP contribution in [0.4, 0.5) is 5.69 Å². The Bertz CT molecular complexity index is 1470. The highest BCUT2D eigenvalue weighted by atomic mass is 16.5. The normalized spacial score (nSPS) is 16.9. The van der Waals surface area contributed by atoms with Gasteiger partial charge in [0.05, 0.1) is 12.3 Å². The molecule has 3 aromatic carbocycles. The Labute approximate surface area is 272 Å². The number of carbonyl (C=O) groups excluding carboxylic acids is 2. The zero-order valence-electron chi connectivity index (χ0n) is 26.9. The fraction of sp³-hybridized carbons (Fsp3) is 0.432. The van der Waals surface area contributed by atoms with Gasteiger partial charge >= 0.3 is 0 Å². The second-order valence-electron chi connectivity index (χ2n) is 12.6. The molecule has 2 aliphatic rings. The summed E-state index contributed by atoms with van der Waals surface area (Å²) in [7, 11) is 0. The molecule has 1 fully saturated rings. The van der Waals surface area contributed by atoms with Gasteiger partial charge in [-0.2, -0.15) is 5.10 Å². The van der Waals surface area contributed by atoms with Gasteiger partial charge in [0.15, 0.2) is 0 Å². The third kappa shape index (κ3) is 10.5. The molecule has 0 aromatic heterocycles. The van der Waals surface area contributed by atoms with Crippen molar-refractivity contribution in [3.05, 3.63) is 95.1 Å². The second kappa shape index (κ2) is 16.5. The highest BCUT2D eigenvalue weighted by molar-refractivity contribution is 6.06. The van der Waals surface area contributed by atoms with Crippen molar-refractivity contribution in [2.75, 3.05) is 38.2 Å². The van der Waals surface area contributed by atoms with E-state index in [1.807, 2.05) is 74.5 Å². The van der Waals surface area contributed by atoms with Gasteiger partial charge in [0.2, 0.25) is 11.8 Å². The molecule has 1 aliphatic carbocycles. The van der Waals surface area contributed by atoms with Crippen molar-refractivity contribution < 1.29 is 24.2 Å². The lowest BCUT2D eigenvalue weighted by Crippen LogP contribution is -2.37. The Hall–Kier alpha value is -4.05. The quantitative estimate of drug-likeness (QED) is 0.180. The average molecular weight is 627 g/mol. The first kappa shape index (κ1) is 33.3. The van der Waals surface area contributed by atoms with E-state index in [2.05, 4.69) is 32.9 Å². The topological polar surface area (TPSA) is 112 Å². The first-order valence-electron chi connectivity index (χ1n) is 16.3. The Kier molecular flexibility index (Phi) is 11.9. The highest BCUT2D eigenvalue weighted by Gasteiger charge is 2.22. The number of hydrogen-bond acceptors (Lipinski definition) is 7. The summed E-state index contributed by atoms with van der Waals surface area (Å²) in [5.41, 5.74) is 8.33. The highest BCUT2D eigenvalue weighted by Crippen LogP contribution is 2.29. The second-order valence-corrected chi connectivity index (χ2v) is 12.6. The molecule has 2 amide bonds. The Morgan fingerprint density at radius 3 is 2.59 bits per heavy atom. The van der Waals surface area contributed by atoms with E-state index in [4.69, 9.17) is 9.47 Å². The minimum Gasteiger partial charge on any atom is -0.491 e. The van der Waals surface area contributed by atoms with Crippen LogP contribution in [-0.2, 0) is 27.3 Å². The summed E-state index contributed by atoms with van der Waals surface area (Å²) in [6.07, 6.45) is 3.41. The number of anilines is 1. The summed E-state index contributed by atoms with van der Waals surface area (Å²) in [5.74, 6) is 1.37. The standard InChI is InChI=1S/C37H46N4O5/c1-26-20-28(17-19-45-24-30-8-9-30)10-15-34(26)46-25-33(42)23-41(22-29-6-4-3-5-7-29)18-16-35(43)38-32-13-11-31(12-14-32)37-27(2)21-36(44)39-40-37/h3-7,10-15,20,27,30,33,42H,8-9,16-19,21-25H2,1-2H3,(H,38,43)(H,39,44). The number of carbonyl (C=O) groups is 2. The van der Waals surface area contributed by atoms with E-state index in [1.165, 1.54) is 18.4 Å². The first-order chi connectivity index (χ1) is 22.3. The summed E-state index contributed by atoms with van der Waals surface area (Å²) in [6, 6.07) is 23.7. The first-order valence-corrected chi connectivity index (χ1v) is 16.3. The van der Waals surface area contributed by atoms with Crippen LogP contribution in [0, 0.1) is 18.8 Å². The van der Waals surface area contributed by atoms with Crippen LogP contribution in [0.1, 0.15) is 54.9 Å². The molecule has 9 nitrogen and oxygen atoms in total. The Balaban J connectivity index is 1.10. The van der Waals surface area contributed by atoms with E-state index >= 15 is 0 Å². The zero-order chi connectivity index (χ0) is 32.3. The van der Waals surface area contributed by atoms with Gasteiger partial charge in [-0.1, -0.05) is 61.5 Å². The molecule has 3 N–H and O–H groups in total. The SMILES string of the molecule is Cc1cc(CCOCC2CC2)ccc1OCC(O)CN(CCC(=O)Nc1ccc(C2=NNC(=O)CC2C)cc1)Cc1ccccc1. The maximum atomic E-state index is 12.9. The number of benzene rings is 3. The average Bonchev–Trinajstić information content (AvgIpc) is 3.87. The van der Waals surface area contributed by atoms with Crippen LogP contribution in [0.3, 0.4) is 0 Å². The lowest BCUT2D eigenvalue weighted by molar-refractivity contribution is -0.122. The lowest BCUT2D eigenvalue weighted by atomic mass is 9.94. The van der Waals surface area contributed by atoms with E-state index in [1.54, 1.807) is 0 Å². The van der Waals surface area contributed by atoms with E-state index in [0.29, 0.717) is 31.7 Å². The van der Waals surface area contributed by atoms with Gasteiger partial charge in [0.1, 0.15) is 18.5 Å². The van der Waals surface area contributed by atoms with Gasteiger partial charge in [-0.3, -0.25) is 14.5 Å². The van der Waals surface area contributed by atoms with E-state index in [9.17, 15) is 14.7 Å². The van der Waals surface area contributed by atoms with Gasteiger partial charge in [-0.05, 0) is 72.6 Å². The minimum absolute atomic E-state index is 0.0293. The molecule has 244 valence electrons. The molecule has 1 aliphatic heterocycles. The molecule has 9 heteroatoms. The number of hydrazone groups is 1. The molecule has 0 spiro atoms. The van der Waals surface area contributed by atoms with Gasteiger partial charge in [-0.25, -0.2) is 5.43 Å². The lowest BCUT2D eigenvalue weighted by Gasteiger charge is -2.25. The van der Waals surface area contributed by atoms with Crippen LogP contribution < -0.4 is 15.5 Å². The van der Waals surface area contributed by atoms with Gasteiger partial charge in [0.25, 0.3) is 0 Å². The number of nitrogens with zero attached hydrogens (tertiary/aromatic N) is 2. The predicted octanol–water partition coefficient (Wildman–Crippen LogP) is 5.09. The van der Waals surface area contributed by atoms with Crippen LogP contribution in [0.2, 0.25) is 0 Å². The van der Waals surface area contributed by atoms with Crippen LogP contribution in [0.25, 0.3) is 0 Å². The van der Waals surface area contributed by atoms with Crippen molar-refractivity contribution >= 4 is 23.2 Å². The third-order valence-corrected chi connectivity index (χ3v) is 8.35. The van der Waals surface area contributed by atoms with Crippen molar-refractivity contribution in [2.24, 2.45) is 16.9 Å². The molecule has 2 unspecified atom stereocenters. The van der Waals surface area contributed by atoms with Crippen molar-refractivity contribution in [3.63, 3.8) is 0 Å². The number of ether oxygens (including phenoxy) is 2. The summed E-state index contributed by atoms with van der Waals surface area (Å²) < 4.78 is 11.8. The molecule has 5 rings (SSSR count). The summed E-state index contributed by atoms with van der Waals surface area (Å²) in [6.45, 7) is 7.20. The summed E-state index contributed by atoms with van der Waals surface area (Å²) >= 11 is 0. The van der Waals surface area contributed by atoms with E-state index < -0.39 is 6.10 Å². The number of hydrogen-bond donors (Lipinski definition) is 3. The fourth-order valence-electron chi connectivity index (χ4n) is 5.58. The van der Waals surface area contributed by atoms with E-state index in [-0.39, 0.29) is 30.8 Å². The summed E-state index contributed by atoms with van der Waals surface area (Å²) in [5, 5.41) is 18.1. The molecule has 1 heterocycles. The third-order valence-electron chi connectivity index (χ3n) is 8.35. The maximum absolute atomic E-state index is 12.9. The number of aliphatic hydroxyl groups is 1. The van der Waals surface area contributed by atoms with Gasteiger partial charge in [-0.15, -0.1) is 0 Å². The number of nitrogens with one attached hydrogen (secondary N) is 2. The maximum Gasteiger partial charge on any atom is 0.240 e. The predicted molar refractivity (Wildman–Crippen MR) is 180 cm³/mol. The largest absolute Gasteiger partial charge is 0.491 e. The molecule has 3 aromatic rings. The van der Waals surface area contributed by atoms with Gasteiger partial charge in [0, 0.05) is 50.7 Å². The molecule has 0 radical (unpaired) electrons. The van der Waals surface area contributed by atoms with Crippen LogP contribution in [0.5, 0.6) is 5.75 Å². The molecule has 1 saturated carbocycles. The number of rotatable bonds is 17. The van der Waals surface area contributed by atoms with Gasteiger partial charge < -0.3 is 19.9 Å². The van der Waals surface area contributed by atoms with Crippen molar-refractivity contribution in [2.45, 2.75) is 58.6 Å². The smallest absolute Gasteiger partial charge is 0.240 e. The monoisotopic (exact) mass is 626 g/mol. The van der Waals surface area contributed by atoms with Crippen molar-refractivity contribution in [1.82, 2.24) is 10.3 Å². The molecule has 2 atom stereocenters. The molecule has 0 bridgehead atoms. The number of aliphatic hydroxyl groups excluding tert-OH is 1. The molecular formula is C37H46N4O5. The van der Waals surface area contributed by atoms with E-state index in [0.717, 1.165) is 53.7 Å².